The number of nitrogens with zero attached hydrogens (tertiary/aromatic N) is 7. The lowest BCUT2D eigenvalue weighted by molar-refractivity contribution is -0.156. The van der Waals surface area contributed by atoms with Crippen molar-refractivity contribution in [2.24, 2.45) is 13.0 Å². The molecule has 3 amide bonds. The van der Waals surface area contributed by atoms with E-state index in [0.29, 0.717) is 101 Å². The van der Waals surface area contributed by atoms with E-state index in [4.69, 9.17) is 9.72 Å². The number of aryl methyl sites for hydroxylation is 1. The Morgan fingerprint density at radius 3 is 2.50 bits per heavy atom. The van der Waals surface area contributed by atoms with Crippen LogP contribution in [0.15, 0.2) is 91.0 Å². The second kappa shape index (κ2) is 21.0. The topological polar surface area (TPSA) is 175 Å². The minimum atomic E-state index is -4.45. The summed E-state index contributed by atoms with van der Waals surface area (Å²) in [5.41, 5.74) is 6.79. The van der Waals surface area contributed by atoms with Crippen LogP contribution in [0.3, 0.4) is 0 Å². The Kier molecular flexibility index (Phi) is 14.0. The minimum absolute atomic E-state index is 0.0324. The van der Waals surface area contributed by atoms with E-state index in [2.05, 4.69) is 20.7 Å². The minimum Gasteiger partial charge on any atom is -0.490 e. The van der Waals surface area contributed by atoms with Crippen molar-refractivity contribution in [3.63, 3.8) is 0 Å². The number of aromatic carboxylic acids is 1. The second-order valence-electron chi connectivity index (χ2n) is 20.5. The number of anilines is 3. The molecule has 3 aliphatic heterocycles. The fraction of sp³-hybridized carbons (Fsp3) is 0.386. The number of hydrogen-bond donors (Lipinski definition) is 3. The van der Waals surface area contributed by atoms with Gasteiger partial charge in [-0.15, -0.1) is 0 Å². The number of carbonyl (C=O) groups excluding carboxylic acids is 3. The highest BCUT2D eigenvalue weighted by molar-refractivity contribution is 7.22. The lowest BCUT2D eigenvalue weighted by Crippen LogP contribution is -2.59. The number of rotatable bonds is 13. The highest BCUT2D eigenvalue weighted by Crippen LogP contribution is 2.39. The van der Waals surface area contributed by atoms with Crippen LogP contribution in [0.5, 0.6) is 5.75 Å². The summed E-state index contributed by atoms with van der Waals surface area (Å²) in [4.78, 5) is 65.6. The molecule has 19 heteroatoms. The van der Waals surface area contributed by atoms with Crippen molar-refractivity contribution in [1.29, 1.82) is 0 Å². The van der Waals surface area contributed by atoms with Gasteiger partial charge in [0.15, 0.2) is 10.8 Å². The van der Waals surface area contributed by atoms with Crippen LogP contribution in [0.2, 0.25) is 0 Å². The van der Waals surface area contributed by atoms with Crippen LogP contribution in [0.1, 0.15) is 101 Å². The summed E-state index contributed by atoms with van der Waals surface area (Å²) < 4.78 is 53.5. The van der Waals surface area contributed by atoms with E-state index in [9.17, 15) is 37.5 Å². The molecule has 7 aromatic rings. The molecule has 1 saturated carbocycles. The molecule has 0 radical (unpaired) electrons. The Balaban J connectivity index is 0.685. The number of hydrogen-bond acceptors (Lipinski definition) is 12. The number of nitrogens with one attached hydrogen (secondary N) is 2. The van der Waals surface area contributed by atoms with E-state index >= 15 is 0 Å². The Labute approximate surface area is 441 Å². The molecule has 4 aromatic carbocycles. The summed E-state index contributed by atoms with van der Waals surface area (Å²) in [6, 6.07) is 26.2. The number of carboxylic acid groups (broad SMARTS) is 1. The molecule has 76 heavy (non-hydrogen) atoms. The molecule has 2 atom stereocenters. The predicted molar refractivity (Wildman–Crippen MR) is 285 cm³/mol. The molecule has 1 aliphatic carbocycles. The van der Waals surface area contributed by atoms with Crippen molar-refractivity contribution < 1.29 is 42.2 Å². The lowest BCUT2D eigenvalue weighted by atomic mass is 9.84. The van der Waals surface area contributed by atoms with Crippen LogP contribution in [0, 0.1) is 12.8 Å². The van der Waals surface area contributed by atoms with E-state index < -0.39 is 30.0 Å². The third-order valence-corrected chi connectivity index (χ3v) is 16.7. The number of carbonyl (C=O) groups is 4. The van der Waals surface area contributed by atoms with Crippen molar-refractivity contribution in [1.82, 2.24) is 30.0 Å². The van der Waals surface area contributed by atoms with Crippen LogP contribution in [-0.4, -0.2) is 104 Å². The maximum absolute atomic E-state index is 14.8. The van der Waals surface area contributed by atoms with Crippen molar-refractivity contribution in [3.05, 3.63) is 125 Å². The highest BCUT2D eigenvalue weighted by atomic mass is 32.1. The summed E-state index contributed by atoms with van der Waals surface area (Å²) in [7, 11) is 1.71. The Morgan fingerprint density at radius 1 is 0.895 bits per heavy atom. The van der Waals surface area contributed by atoms with Gasteiger partial charge in [0.2, 0.25) is 11.8 Å². The first-order valence-electron chi connectivity index (χ1n) is 26.0. The number of imide groups is 1. The number of ether oxygens (including phenoxy) is 1. The summed E-state index contributed by atoms with van der Waals surface area (Å²) in [5.74, 6) is -1.13. The molecule has 394 valence electrons. The lowest BCUT2D eigenvalue weighted by Gasteiger charge is -2.43. The molecule has 3 fully saturated rings. The van der Waals surface area contributed by atoms with Gasteiger partial charge < -0.3 is 19.6 Å². The molecule has 0 bridgehead atoms. The van der Waals surface area contributed by atoms with Crippen LogP contribution in [-0.2, 0) is 29.6 Å². The quantitative estimate of drug-likeness (QED) is 0.0934. The maximum Gasteiger partial charge on any atom is 0.409 e. The largest absolute Gasteiger partial charge is 0.490 e. The zero-order chi connectivity index (χ0) is 52.8. The number of amides is 3. The van der Waals surface area contributed by atoms with Crippen LogP contribution < -0.4 is 25.2 Å². The summed E-state index contributed by atoms with van der Waals surface area (Å²) in [6.45, 7) is 4.05. The number of piperidine rings is 1. The Morgan fingerprint density at radius 2 is 1.71 bits per heavy atom. The molecule has 0 spiro atoms. The maximum atomic E-state index is 14.8. The monoisotopic (exact) mass is 1050 g/mol. The fourth-order valence-corrected chi connectivity index (χ4v) is 12.6. The predicted octanol–water partition coefficient (Wildman–Crippen LogP) is 10.1. The van der Waals surface area contributed by atoms with Crippen LogP contribution in [0.4, 0.5) is 29.8 Å². The van der Waals surface area contributed by atoms with Crippen molar-refractivity contribution in [3.8, 4) is 16.9 Å². The van der Waals surface area contributed by atoms with Gasteiger partial charge in [0.1, 0.15) is 17.6 Å². The molecule has 15 nitrogen and oxygen atoms in total. The smallest absolute Gasteiger partial charge is 0.409 e. The van der Waals surface area contributed by atoms with E-state index in [0.717, 1.165) is 65.4 Å². The van der Waals surface area contributed by atoms with Gasteiger partial charge in [-0.1, -0.05) is 47.7 Å². The SMILES string of the molecule is Cc1c(OC2CCC(CCCN3CCN(c4ccc5c(C6CCC(=O)NC6=O)nn(C)c5c4)[C@H](C(F)(F)F)C3)CC2)cccc1-c1ccc(N2CCc3cccc(C(=O)Nc4nc5ccccc5s4)c3C2)nc1C(=O)O. The van der Waals surface area contributed by atoms with E-state index in [1.165, 1.54) is 16.2 Å². The molecule has 11 rings (SSSR count). The van der Waals surface area contributed by atoms with Gasteiger partial charge in [-0.3, -0.25) is 34.6 Å². The number of halogens is 3. The Bertz CT molecular complexity index is 3360. The molecule has 3 aromatic heterocycles. The Hall–Kier alpha value is -7.38. The molecule has 2 saturated heterocycles. The highest BCUT2D eigenvalue weighted by Gasteiger charge is 2.47. The number of para-hydroxylation sites is 1. The van der Waals surface area contributed by atoms with Gasteiger partial charge in [-0.2, -0.15) is 18.3 Å². The van der Waals surface area contributed by atoms with Crippen molar-refractivity contribution >= 4 is 72.8 Å². The molecule has 4 aliphatic rings. The van der Waals surface area contributed by atoms with E-state index in [1.54, 1.807) is 42.1 Å². The van der Waals surface area contributed by atoms with Gasteiger partial charge >= 0.3 is 12.1 Å². The van der Waals surface area contributed by atoms with Gasteiger partial charge in [0.25, 0.3) is 5.91 Å². The van der Waals surface area contributed by atoms with Crippen molar-refractivity contribution in [2.75, 3.05) is 47.8 Å². The first kappa shape index (κ1) is 50.8. The van der Waals surface area contributed by atoms with Gasteiger partial charge in [-0.05, 0) is 148 Å². The summed E-state index contributed by atoms with van der Waals surface area (Å²) >= 11 is 1.42. The average Bonchev–Trinajstić information content (AvgIpc) is 4.02. The standard InChI is InChI=1S/C57H58F3N9O6S/c1-33-38(39-21-23-49(62-52(39)55(73)74)68-27-25-35-9-5-11-40(43(35)31-68)53(71)64-56-61-44-12-3-4-14-47(44)76-56)10-6-13-46(33)75-37-18-15-34(16-19-37)8-7-26-67-28-29-69(48(32-67)57(58,59)60)36-17-20-41-45(30-36)66(2)65-51(41)42-22-24-50(70)63-54(42)72/h3-6,9-14,17,20-21,23,30,34,37,42,48H,7-8,15-16,18-19,22,24-29,31-32H2,1-2H3,(H,73,74)(H,61,64,71)(H,63,70,72)/t34?,37?,42?,48-/m0/s1. The average molecular weight is 1050 g/mol. The number of aromatic nitrogens is 4. The molecule has 3 N–H and O–H groups in total. The zero-order valence-corrected chi connectivity index (χ0v) is 43.1. The van der Waals surface area contributed by atoms with Crippen LogP contribution in [0.25, 0.3) is 32.2 Å². The number of alkyl halides is 3. The number of fused-ring (bicyclic) bond motifs is 3. The van der Waals surface area contributed by atoms with Crippen molar-refractivity contribution in [2.45, 2.75) is 95.5 Å². The third-order valence-electron chi connectivity index (χ3n) is 15.8. The first-order chi connectivity index (χ1) is 36.6. The fourth-order valence-electron chi connectivity index (χ4n) is 11.7. The van der Waals surface area contributed by atoms with Gasteiger partial charge in [0, 0.05) is 68.4 Å². The van der Waals surface area contributed by atoms with E-state index in [-0.39, 0.29) is 43.1 Å². The molecular weight excluding hydrogens is 996 g/mol. The normalized spacial score (nSPS) is 20.4. The first-order valence-corrected chi connectivity index (χ1v) is 26.9. The summed E-state index contributed by atoms with van der Waals surface area (Å²) in [6.07, 6.45) is 1.95. The van der Waals surface area contributed by atoms with Gasteiger partial charge in [0.05, 0.1) is 33.4 Å². The number of carboxylic acids is 1. The number of thiazole rings is 1. The molecular formula is C57H58F3N9O6S. The third kappa shape index (κ3) is 10.3. The number of pyridine rings is 1. The number of benzene rings is 4. The van der Waals surface area contributed by atoms with E-state index in [1.807, 2.05) is 77.4 Å². The van der Waals surface area contributed by atoms with Gasteiger partial charge in [-0.25, -0.2) is 14.8 Å². The van der Waals surface area contributed by atoms with Crippen LogP contribution >= 0.6 is 11.3 Å². The second-order valence-corrected chi connectivity index (χ2v) is 21.6. The molecule has 6 heterocycles. The zero-order valence-electron chi connectivity index (χ0n) is 42.2. The summed E-state index contributed by atoms with van der Waals surface area (Å²) in [5, 5.41) is 21.7. The molecule has 1 unspecified atom stereocenters. The number of piperazine rings is 1.